The molecular formula is C20H22F3N5O2. The van der Waals surface area contributed by atoms with Gasteiger partial charge in [0.1, 0.15) is 11.5 Å². The molecule has 0 aliphatic rings. The highest BCUT2D eigenvalue weighted by atomic mass is 19.4. The van der Waals surface area contributed by atoms with Gasteiger partial charge in [0, 0.05) is 5.69 Å². The second-order valence-corrected chi connectivity index (χ2v) is 6.94. The van der Waals surface area contributed by atoms with Crippen LogP contribution in [-0.4, -0.2) is 27.7 Å². The minimum atomic E-state index is -4.51. The van der Waals surface area contributed by atoms with Crippen LogP contribution in [0.5, 0.6) is 6.01 Å². The number of aryl methyl sites for hydroxylation is 1. The number of anilines is 3. The zero-order chi connectivity index (χ0) is 21.7. The van der Waals surface area contributed by atoms with E-state index in [1.807, 2.05) is 31.2 Å². The molecule has 0 saturated heterocycles. The molecule has 2 N–H and O–H groups in total. The molecular weight excluding hydrogens is 399 g/mol. The number of rotatable bonds is 8. The highest BCUT2D eigenvalue weighted by Gasteiger charge is 2.29. The summed E-state index contributed by atoms with van der Waals surface area (Å²) < 4.78 is 47.8. The van der Waals surface area contributed by atoms with E-state index >= 15 is 0 Å². The monoisotopic (exact) mass is 421 g/mol. The number of nitrogens with one attached hydrogen (secondary N) is 2. The molecule has 0 atom stereocenters. The predicted molar refractivity (Wildman–Crippen MR) is 106 cm³/mol. The van der Waals surface area contributed by atoms with E-state index in [2.05, 4.69) is 39.4 Å². The van der Waals surface area contributed by atoms with Gasteiger partial charge in [-0.3, -0.25) is 0 Å². The van der Waals surface area contributed by atoms with Crippen molar-refractivity contribution < 1.29 is 22.3 Å². The molecule has 10 heteroatoms. The van der Waals surface area contributed by atoms with Crippen LogP contribution in [0.1, 0.15) is 36.8 Å². The molecule has 7 nitrogen and oxygen atoms in total. The van der Waals surface area contributed by atoms with Crippen LogP contribution in [-0.2, 0) is 6.54 Å². The Kier molecular flexibility index (Phi) is 6.43. The number of furan rings is 1. The Balaban J connectivity index is 1.81. The van der Waals surface area contributed by atoms with Crippen molar-refractivity contribution in [1.29, 1.82) is 0 Å². The van der Waals surface area contributed by atoms with Crippen molar-refractivity contribution in [3.8, 4) is 6.01 Å². The fourth-order valence-corrected chi connectivity index (χ4v) is 2.55. The van der Waals surface area contributed by atoms with Gasteiger partial charge >= 0.3 is 12.2 Å². The zero-order valence-corrected chi connectivity index (χ0v) is 16.7. The molecule has 2 heterocycles. The number of halogens is 3. The van der Waals surface area contributed by atoms with Crippen molar-refractivity contribution in [2.24, 2.45) is 0 Å². The Morgan fingerprint density at radius 1 is 1.07 bits per heavy atom. The van der Waals surface area contributed by atoms with Gasteiger partial charge in [-0.25, -0.2) is 0 Å². The van der Waals surface area contributed by atoms with E-state index in [1.54, 1.807) is 12.1 Å². The van der Waals surface area contributed by atoms with Crippen LogP contribution < -0.4 is 15.4 Å². The van der Waals surface area contributed by atoms with E-state index in [0.717, 1.165) is 11.3 Å². The molecule has 1 aromatic carbocycles. The fraction of sp³-hybridized carbons (Fsp3) is 0.350. The summed E-state index contributed by atoms with van der Waals surface area (Å²) in [5.41, 5.74) is 1.79. The van der Waals surface area contributed by atoms with Crippen molar-refractivity contribution in [2.75, 3.05) is 17.2 Å². The number of hydrogen-bond acceptors (Lipinski definition) is 7. The van der Waals surface area contributed by atoms with E-state index in [4.69, 9.17) is 9.15 Å². The second-order valence-electron chi connectivity index (χ2n) is 6.94. The number of alkyl halides is 3. The molecule has 0 radical (unpaired) electrons. The minimum absolute atomic E-state index is 0.0544. The Labute approximate surface area is 171 Å². The van der Waals surface area contributed by atoms with Crippen molar-refractivity contribution in [3.63, 3.8) is 0 Å². The Bertz CT molecular complexity index is 989. The molecule has 0 unspecified atom stereocenters. The summed E-state index contributed by atoms with van der Waals surface area (Å²) in [6.07, 6.45) is -4.51. The molecule has 3 rings (SSSR count). The lowest BCUT2D eigenvalue weighted by molar-refractivity contribution is -0.154. The largest absolute Gasteiger partial charge is 0.465 e. The summed E-state index contributed by atoms with van der Waals surface area (Å²) in [5, 5.41) is 5.90. The molecule has 0 bridgehead atoms. The van der Waals surface area contributed by atoms with E-state index in [-0.39, 0.29) is 18.4 Å². The molecule has 0 spiro atoms. The maximum atomic E-state index is 12.5. The molecule has 0 saturated carbocycles. The smallest absolute Gasteiger partial charge is 0.422 e. The van der Waals surface area contributed by atoms with Gasteiger partial charge in [0.05, 0.1) is 6.54 Å². The normalized spacial score (nSPS) is 11.6. The van der Waals surface area contributed by atoms with Crippen LogP contribution in [0.4, 0.5) is 30.8 Å². The fourth-order valence-electron chi connectivity index (χ4n) is 2.55. The molecule has 0 fully saturated rings. The molecule has 3 aromatic rings. The maximum absolute atomic E-state index is 12.5. The molecule has 30 heavy (non-hydrogen) atoms. The zero-order valence-electron chi connectivity index (χ0n) is 16.7. The third-order valence-electron chi connectivity index (χ3n) is 4.01. The molecule has 0 aliphatic heterocycles. The SMILES string of the molecule is Cc1ccc(CNc2nc(Nc3cccc(C(C)C)c3)nc(OCC(F)(F)F)n2)o1. The van der Waals surface area contributed by atoms with Crippen LogP contribution in [0.3, 0.4) is 0 Å². The van der Waals surface area contributed by atoms with Crippen molar-refractivity contribution in [3.05, 3.63) is 53.5 Å². The molecule has 160 valence electrons. The lowest BCUT2D eigenvalue weighted by Crippen LogP contribution is -2.20. The molecule has 0 aliphatic carbocycles. The van der Waals surface area contributed by atoms with Crippen LogP contribution >= 0.6 is 0 Å². The van der Waals surface area contributed by atoms with Gasteiger partial charge in [-0.05, 0) is 42.7 Å². The number of ether oxygens (including phenoxy) is 1. The van der Waals surface area contributed by atoms with E-state index < -0.39 is 18.8 Å². The van der Waals surface area contributed by atoms with Crippen LogP contribution in [0, 0.1) is 6.92 Å². The lowest BCUT2D eigenvalue weighted by Gasteiger charge is -2.12. The van der Waals surface area contributed by atoms with Crippen molar-refractivity contribution in [2.45, 2.75) is 39.4 Å². The molecule has 0 amide bonds. The summed E-state index contributed by atoms with van der Waals surface area (Å²) in [5.74, 6) is 1.79. The van der Waals surface area contributed by atoms with Gasteiger partial charge in [0.25, 0.3) is 0 Å². The average molecular weight is 421 g/mol. The number of benzene rings is 1. The maximum Gasteiger partial charge on any atom is 0.422 e. The highest BCUT2D eigenvalue weighted by Crippen LogP contribution is 2.23. The van der Waals surface area contributed by atoms with E-state index in [1.165, 1.54) is 0 Å². The third kappa shape index (κ3) is 6.36. The second kappa shape index (κ2) is 9.02. The first-order valence-corrected chi connectivity index (χ1v) is 9.30. The van der Waals surface area contributed by atoms with Gasteiger partial charge in [-0.1, -0.05) is 26.0 Å². The van der Waals surface area contributed by atoms with Crippen molar-refractivity contribution in [1.82, 2.24) is 15.0 Å². The van der Waals surface area contributed by atoms with Gasteiger partial charge in [0.15, 0.2) is 6.61 Å². The topological polar surface area (TPSA) is 85.1 Å². The first-order chi connectivity index (χ1) is 14.2. The van der Waals surface area contributed by atoms with Gasteiger partial charge < -0.3 is 19.8 Å². The first-order valence-electron chi connectivity index (χ1n) is 9.30. The lowest BCUT2D eigenvalue weighted by atomic mass is 10.0. The Morgan fingerprint density at radius 3 is 2.50 bits per heavy atom. The Morgan fingerprint density at radius 2 is 1.83 bits per heavy atom. The predicted octanol–water partition coefficient (Wildman–Crippen LogP) is 5.19. The summed E-state index contributed by atoms with van der Waals surface area (Å²) in [6, 6.07) is 10.7. The van der Waals surface area contributed by atoms with Gasteiger partial charge in [-0.15, -0.1) is 0 Å². The van der Waals surface area contributed by atoms with Gasteiger partial charge in [0.2, 0.25) is 11.9 Å². The minimum Gasteiger partial charge on any atom is -0.465 e. The van der Waals surface area contributed by atoms with Crippen LogP contribution in [0.25, 0.3) is 0 Å². The highest BCUT2D eigenvalue weighted by molar-refractivity contribution is 5.55. The standard InChI is InChI=1S/C20H22F3N5O2/c1-12(2)14-5-4-6-15(9-14)25-18-26-17(24-10-16-8-7-13(3)30-16)27-19(28-18)29-11-20(21,22)23/h4-9,12H,10-11H2,1-3H3,(H2,24,25,26,27,28). The van der Waals surface area contributed by atoms with Crippen LogP contribution in [0.15, 0.2) is 40.8 Å². The summed E-state index contributed by atoms with van der Waals surface area (Å²) in [4.78, 5) is 12.1. The number of nitrogens with zero attached hydrogens (tertiary/aromatic N) is 3. The first kappa shape index (κ1) is 21.4. The Hall–Kier alpha value is -3.30. The summed E-state index contributed by atoms with van der Waals surface area (Å²) >= 11 is 0. The number of hydrogen-bond donors (Lipinski definition) is 2. The van der Waals surface area contributed by atoms with E-state index in [9.17, 15) is 13.2 Å². The summed E-state index contributed by atoms with van der Waals surface area (Å²) in [6.45, 7) is 4.67. The summed E-state index contributed by atoms with van der Waals surface area (Å²) in [7, 11) is 0. The third-order valence-corrected chi connectivity index (χ3v) is 4.01. The van der Waals surface area contributed by atoms with Crippen molar-refractivity contribution >= 4 is 17.6 Å². The number of aromatic nitrogens is 3. The molecule has 2 aromatic heterocycles. The quantitative estimate of drug-likeness (QED) is 0.517. The van der Waals surface area contributed by atoms with Gasteiger partial charge in [-0.2, -0.15) is 28.1 Å². The van der Waals surface area contributed by atoms with Crippen LogP contribution in [0.2, 0.25) is 0 Å². The average Bonchev–Trinajstić information content (AvgIpc) is 3.10. The van der Waals surface area contributed by atoms with E-state index in [0.29, 0.717) is 17.4 Å².